The highest BCUT2D eigenvalue weighted by atomic mass is 35.5. The standard InChI is InChI=1S/C22H18ClN3O/c1-2-27-18-11-8-15(9-12-18)21-19-14-17(23)10-13-20(19)24-22(26-25-21)16-6-4-3-5-7-16/h3-14H,2H2,1H3,(H,24,26). The Hall–Kier alpha value is -3.11. The molecule has 1 aliphatic heterocycles. The van der Waals surface area contributed by atoms with Gasteiger partial charge in [-0.3, -0.25) is 5.43 Å². The van der Waals surface area contributed by atoms with E-state index >= 15 is 0 Å². The van der Waals surface area contributed by atoms with Crippen LogP contribution in [0.4, 0.5) is 5.69 Å². The summed E-state index contributed by atoms with van der Waals surface area (Å²) < 4.78 is 5.54. The zero-order valence-corrected chi connectivity index (χ0v) is 15.6. The van der Waals surface area contributed by atoms with E-state index in [4.69, 9.17) is 21.3 Å². The molecule has 0 saturated heterocycles. The van der Waals surface area contributed by atoms with Gasteiger partial charge in [-0.2, -0.15) is 5.10 Å². The number of nitrogens with zero attached hydrogens (tertiary/aromatic N) is 2. The molecule has 0 amide bonds. The fourth-order valence-electron chi connectivity index (χ4n) is 2.93. The smallest absolute Gasteiger partial charge is 0.154 e. The van der Waals surface area contributed by atoms with E-state index in [9.17, 15) is 0 Å². The van der Waals surface area contributed by atoms with E-state index in [1.807, 2.05) is 79.7 Å². The van der Waals surface area contributed by atoms with E-state index in [0.717, 1.165) is 33.8 Å². The summed E-state index contributed by atoms with van der Waals surface area (Å²) in [6.07, 6.45) is 0. The molecule has 0 fully saturated rings. The van der Waals surface area contributed by atoms with Crippen LogP contribution < -0.4 is 10.2 Å². The lowest BCUT2D eigenvalue weighted by atomic mass is 10.0. The van der Waals surface area contributed by atoms with Gasteiger partial charge >= 0.3 is 0 Å². The third kappa shape index (κ3) is 3.71. The predicted molar refractivity (Wildman–Crippen MR) is 110 cm³/mol. The maximum Gasteiger partial charge on any atom is 0.154 e. The Kier molecular flexibility index (Phi) is 4.90. The van der Waals surface area contributed by atoms with E-state index in [1.165, 1.54) is 0 Å². The lowest BCUT2D eigenvalue weighted by molar-refractivity contribution is 0.340. The first-order valence-electron chi connectivity index (χ1n) is 8.75. The van der Waals surface area contributed by atoms with E-state index in [1.54, 1.807) is 0 Å². The first-order valence-corrected chi connectivity index (χ1v) is 9.13. The van der Waals surface area contributed by atoms with Crippen molar-refractivity contribution in [3.8, 4) is 5.75 Å². The lowest BCUT2D eigenvalue weighted by Crippen LogP contribution is -2.19. The number of aliphatic imine (C=N–C) groups is 1. The number of benzene rings is 3. The first kappa shape index (κ1) is 17.3. The van der Waals surface area contributed by atoms with Crippen molar-refractivity contribution >= 4 is 28.8 Å². The number of halogens is 1. The van der Waals surface area contributed by atoms with Gasteiger partial charge in [-0.25, -0.2) is 4.99 Å². The Morgan fingerprint density at radius 1 is 0.926 bits per heavy atom. The molecule has 4 rings (SSSR count). The van der Waals surface area contributed by atoms with Crippen LogP contribution in [-0.2, 0) is 0 Å². The number of rotatable bonds is 4. The molecule has 0 unspecified atom stereocenters. The number of hydrogen-bond donors (Lipinski definition) is 1. The molecule has 0 spiro atoms. The Morgan fingerprint density at radius 3 is 2.44 bits per heavy atom. The highest BCUT2D eigenvalue weighted by Crippen LogP contribution is 2.29. The van der Waals surface area contributed by atoms with Gasteiger partial charge in [0, 0.05) is 21.7 Å². The van der Waals surface area contributed by atoms with Gasteiger partial charge in [-0.05, 0) is 49.4 Å². The number of nitrogens with one attached hydrogen (secondary N) is 1. The van der Waals surface area contributed by atoms with Crippen LogP contribution in [-0.4, -0.2) is 18.2 Å². The van der Waals surface area contributed by atoms with Crippen LogP contribution in [0.2, 0.25) is 5.02 Å². The molecule has 0 atom stereocenters. The summed E-state index contributed by atoms with van der Waals surface area (Å²) in [5, 5.41) is 5.29. The van der Waals surface area contributed by atoms with Crippen molar-refractivity contribution in [3.63, 3.8) is 0 Å². The summed E-state index contributed by atoms with van der Waals surface area (Å²) in [6, 6.07) is 23.4. The molecule has 3 aromatic carbocycles. The summed E-state index contributed by atoms with van der Waals surface area (Å²) >= 11 is 6.26. The Labute approximate surface area is 163 Å². The van der Waals surface area contributed by atoms with Gasteiger partial charge in [0.05, 0.1) is 12.3 Å². The minimum atomic E-state index is 0.633. The molecule has 134 valence electrons. The molecule has 4 nitrogen and oxygen atoms in total. The summed E-state index contributed by atoms with van der Waals surface area (Å²) in [5.41, 5.74) is 7.52. The van der Waals surface area contributed by atoms with E-state index < -0.39 is 0 Å². The second-order valence-electron chi connectivity index (χ2n) is 6.02. The summed E-state index contributed by atoms with van der Waals surface area (Å²) in [5.74, 6) is 1.52. The van der Waals surface area contributed by atoms with Crippen molar-refractivity contribution in [3.05, 3.63) is 94.5 Å². The van der Waals surface area contributed by atoms with Crippen molar-refractivity contribution in [2.75, 3.05) is 6.61 Å². The monoisotopic (exact) mass is 375 g/mol. The summed E-state index contributed by atoms with van der Waals surface area (Å²) in [7, 11) is 0. The van der Waals surface area contributed by atoms with Crippen LogP contribution in [0.25, 0.3) is 0 Å². The normalized spacial score (nSPS) is 13.0. The molecule has 5 heteroatoms. The highest BCUT2D eigenvalue weighted by Gasteiger charge is 2.17. The maximum atomic E-state index is 6.26. The molecule has 0 radical (unpaired) electrons. The second kappa shape index (κ2) is 7.64. The van der Waals surface area contributed by atoms with Crippen LogP contribution in [0.15, 0.2) is 82.9 Å². The van der Waals surface area contributed by atoms with Gasteiger partial charge < -0.3 is 4.74 Å². The number of fused-ring (bicyclic) bond motifs is 1. The van der Waals surface area contributed by atoms with Crippen molar-refractivity contribution in [1.82, 2.24) is 5.43 Å². The van der Waals surface area contributed by atoms with Crippen molar-refractivity contribution < 1.29 is 4.74 Å². The van der Waals surface area contributed by atoms with Gasteiger partial charge in [-0.1, -0.05) is 41.9 Å². The van der Waals surface area contributed by atoms with E-state index in [-0.39, 0.29) is 0 Å². The molecule has 27 heavy (non-hydrogen) atoms. The quantitative estimate of drug-likeness (QED) is 0.683. The highest BCUT2D eigenvalue weighted by molar-refractivity contribution is 6.31. The molecule has 0 saturated carbocycles. The number of ether oxygens (including phenoxy) is 1. The SMILES string of the molecule is CCOc1ccc(C2=NNC(c3ccccc3)=Nc3ccc(Cl)cc32)cc1. The van der Waals surface area contributed by atoms with Crippen molar-refractivity contribution in [1.29, 1.82) is 0 Å². The van der Waals surface area contributed by atoms with Gasteiger partial charge in [0.1, 0.15) is 11.5 Å². The largest absolute Gasteiger partial charge is 0.494 e. The third-order valence-corrected chi connectivity index (χ3v) is 4.44. The Morgan fingerprint density at radius 2 is 1.70 bits per heavy atom. The van der Waals surface area contributed by atoms with Crippen LogP contribution >= 0.6 is 11.6 Å². The predicted octanol–water partition coefficient (Wildman–Crippen LogP) is 5.17. The summed E-state index contributed by atoms with van der Waals surface area (Å²) in [6.45, 7) is 2.60. The van der Waals surface area contributed by atoms with Gasteiger partial charge in [0.2, 0.25) is 0 Å². The first-order chi connectivity index (χ1) is 13.2. The van der Waals surface area contributed by atoms with Crippen LogP contribution in [0.1, 0.15) is 23.6 Å². The minimum absolute atomic E-state index is 0.633. The topological polar surface area (TPSA) is 46.0 Å². The third-order valence-electron chi connectivity index (χ3n) is 4.21. The number of hydrazone groups is 1. The van der Waals surface area contributed by atoms with Crippen LogP contribution in [0.5, 0.6) is 5.75 Å². The molecule has 1 aliphatic rings. The van der Waals surface area contributed by atoms with Gasteiger partial charge in [-0.15, -0.1) is 0 Å². The zero-order valence-electron chi connectivity index (χ0n) is 14.8. The second-order valence-corrected chi connectivity index (χ2v) is 6.45. The van der Waals surface area contributed by atoms with E-state index in [2.05, 4.69) is 10.5 Å². The zero-order chi connectivity index (χ0) is 18.6. The molecule has 0 bridgehead atoms. The lowest BCUT2D eigenvalue weighted by Gasteiger charge is -2.09. The van der Waals surface area contributed by atoms with Crippen molar-refractivity contribution in [2.45, 2.75) is 6.92 Å². The Balaban J connectivity index is 1.80. The Bertz CT molecular complexity index is 1010. The van der Waals surface area contributed by atoms with Crippen LogP contribution in [0, 0.1) is 0 Å². The fraction of sp³-hybridized carbons (Fsp3) is 0.0909. The summed E-state index contributed by atoms with van der Waals surface area (Å²) in [4.78, 5) is 4.78. The molecule has 1 N–H and O–H groups in total. The number of amidine groups is 1. The average Bonchev–Trinajstić information content (AvgIpc) is 2.89. The van der Waals surface area contributed by atoms with E-state index in [0.29, 0.717) is 17.5 Å². The van der Waals surface area contributed by atoms with Crippen molar-refractivity contribution in [2.24, 2.45) is 10.1 Å². The van der Waals surface area contributed by atoms with Gasteiger partial charge in [0.15, 0.2) is 5.84 Å². The average molecular weight is 376 g/mol. The number of hydrogen-bond acceptors (Lipinski definition) is 4. The minimum Gasteiger partial charge on any atom is -0.494 e. The molecular formula is C22H18ClN3O. The molecule has 0 aromatic heterocycles. The molecule has 0 aliphatic carbocycles. The molecule has 3 aromatic rings. The van der Waals surface area contributed by atoms with Gasteiger partial charge in [0.25, 0.3) is 0 Å². The molecular weight excluding hydrogens is 358 g/mol. The van der Waals surface area contributed by atoms with Crippen LogP contribution in [0.3, 0.4) is 0 Å². The fourth-order valence-corrected chi connectivity index (χ4v) is 3.10. The molecule has 1 heterocycles. The maximum absolute atomic E-state index is 6.26.